The lowest BCUT2D eigenvalue weighted by atomic mass is 9.80. The minimum atomic E-state index is -0.695. The molecule has 0 aromatic heterocycles. The molecule has 90 valence electrons. The summed E-state index contributed by atoms with van der Waals surface area (Å²) >= 11 is 0. The van der Waals surface area contributed by atoms with Gasteiger partial charge < -0.3 is 5.32 Å². The van der Waals surface area contributed by atoms with E-state index in [1.54, 1.807) is 6.26 Å². The fourth-order valence-corrected chi connectivity index (χ4v) is 2.73. The second-order valence-corrected chi connectivity index (χ2v) is 7.02. The van der Waals surface area contributed by atoms with Crippen molar-refractivity contribution in [1.82, 2.24) is 5.32 Å². The lowest BCUT2D eigenvalue weighted by molar-refractivity contribution is 0.229. The molecule has 5 atom stereocenters. The summed E-state index contributed by atoms with van der Waals surface area (Å²) in [4.78, 5) is 0. The van der Waals surface area contributed by atoms with Crippen molar-refractivity contribution in [3.8, 4) is 0 Å². The Morgan fingerprint density at radius 3 is 2.60 bits per heavy atom. The molecule has 1 aliphatic rings. The van der Waals surface area contributed by atoms with Crippen molar-refractivity contribution in [2.45, 2.75) is 51.3 Å². The minimum Gasteiger partial charge on any atom is -0.313 e. The molecule has 0 spiro atoms. The van der Waals surface area contributed by atoms with Crippen LogP contribution >= 0.6 is 0 Å². The zero-order chi connectivity index (χ0) is 11.4. The Morgan fingerprint density at radius 1 is 1.40 bits per heavy atom. The Labute approximate surface area is 96.7 Å². The summed E-state index contributed by atoms with van der Waals surface area (Å²) in [5.41, 5.74) is 0. The Bertz CT molecular complexity index is 220. The van der Waals surface area contributed by atoms with Crippen LogP contribution in [0.25, 0.3) is 0 Å². The van der Waals surface area contributed by atoms with Crippen LogP contribution in [0, 0.1) is 11.8 Å². The second kappa shape index (κ2) is 6.00. The Balaban J connectivity index is 2.29. The zero-order valence-electron chi connectivity index (χ0n) is 10.5. The van der Waals surface area contributed by atoms with Gasteiger partial charge in [0.1, 0.15) is 0 Å². The highest BCUT2D eigenvalue weighted by Crippen LogP contribution is 2.28. The van der Waals surface area contributed by atoms with Gasteiger partial charge >= 0.3 is 0 Å². The molecule has 1 fully saturated rings. The number of nitrogens with one attached hydrogen (secondary N) is 1. The molecular formula is C12H25NOS. The molecule has 0 aliphatic heterocycles. The van der Waals surface area contributed by atoms with E-state index in [-0.39, 0.29) is 5.25 Å². The maximum Gasteiger partial charge on any atom is 0.0441 e. The van der Waals surface area contributed by atoms with Crippen molar-refractivity contribution in [1.29, 1.82) is 0 Å². The maximum atomic E-state index is 11.2. The van der Waals surface area contributed by atoms with Gasteiger partial charge in [0.15, 0.2) is 0 Å². The van der Waals surface area contributed by atoms with Crippen molar-refractivity contribution in [2.24, 2.45) is 11.8 Å². The van der Waals surface area contributed by atoms with Crippen LogP contribution in [0.4, 0.5) is 0 Å². The molecule has 5 unspecified atom stereocenters. The minimum absolute atomic E-state index is 0.275. The normalized spacial score (nSPS) is 36.1. The number of hydrogen-bond donors (Lipinski definition) is 1. The fourth-order valence-electron chi connectivity index (χ4n) is 2.40. The Hall–Kier alpha value is 0.110. The number of rotatable bonds is 4. The smallest absolute Gasteiger partial charge is 0.0441 e. The van der Waals surface area contributed by atoms with Crippen LogP contribution in [-0.4, -0.2) is 28.3 Å². The van der Waals surface area contributed by atoms with Crippen molar-refractivity contribution in [2.75, 3.05) is 12.8 Å². The van der Waals surface area contributed by atoms with Gasteiger partial charge in [0.2, 0.25) is 0 Å². The van der Waals surface area contributed by atoms with Gasteiger partial charge in [0.25, 0.3) is 0 Å². The van der Waals surface area contributed by atoms with Crippen LogP contribution < -0.4 is 5.32 Å². The lowest BCUT2D eigenvalue weighted by Crippen LogP contribution is -2.42. The molecule has 0 saturated heterocycles. The first-order valence-corrected chi connectivity index (χ1v) is 7.68. The van der Waals surface area contributed by atoms with Gasteiger partial charge in [0.05, 0.1) is 0 Å². The average Bonchev–Trinajstić information content (AvgIpc) is 2.15. The number of hydrogen-bond acceptors (Lipinski definition) is 2. The van der Waals surface area contributed by atoms with Crippen molar-refractivity contribution in [3.63, 3.8) is 0 Å². The molecule has 1 N–H and O–H groups in total. The summed E-state index contributed by atoms with van der Waals surface area (Å²) in [5, 5.41) is 3.85. The molecule has 3 heteroatoms. The predicted octanol–water partition coefficient (Wildman–Crippen LogP) is 2.17. The van der Waals surface area contributed by atoms with Gasteiger partial charge in [0, 0.05) is 34.9 Å². The van der Waals surface area contributed by atoms with E-state index in [1.807, 2.05) is 0 Å². The van der Waals surface area contributed by atoms with Crippen molar-refractivity contribution >= 4 is 10.8 Å². The summed E-state index contributed by atoms with van der Waals surface area (Å²) in [6, 6.07) is 0.646. The molecule has 2 nitrogen and oxygen atoms in total. The summed E-state index contributed by atoms with van der Waals surface area (Å²) in [6.45, 7) is 7.63. The summed E-state index contributed by atoms with van der Waals surface area (Å²) in [6.07, 6.45) is 5.75. The monoisotopic (exact) mass is 231 g/mol. The van der Waals surface area contributed by atoms with E-state index < -0.39 is 10.8 Å². The fraction of sp³-hybridized carbons (Fsp3) is 1.00. The van der Waals surface area contributed by atoms with E-state index in [4.69, 9.17) is 0 Å². The summed E-state index contributed by atoms with van der Waals surface area (Å²) in [5.74, 6) is 1.65. The lowest BCUT2D eigenvalue weighted by Gasteiger charge is -2.33. The molecule has 15 heavy (non-hydrogen) atoms. The maximum absolute atomic E-state index is 11.2. The van der Waals surface area contributed by atoms with Gasteiger partial charge in [-0.05, 0) is 38.0 Å². The topological polar surface area (TPSA) is 29.1 Å². The van der Waals surface area contributed by atoms with Crippen LogP contribution in [0.2, 0.25) is 0 Å². The quantitative estimate of drug-likeness (QED) is 0.803. The molecule has 1 aliphatic carbocycles. The third-order valence-corrected chi connectivity index (χ3v) is 4.97. The van der Waals surface area contributed by atoms with Crippen LogP contribution in [0.3, 0.4) is 0 Å². The molecule has 0 aromatic rings. The highest BCUT2D eigenvalue weighted by molar-refractivity contribution is 7.84. The van der Waals surface area contributed by atoms with Crippen LogP contribution in [0.15, 0.2) is 0 Å². The van der Waals surface area contributed by atoms with E-state index in [9.17, 15) is 4.21 Å². The van der Waals surface area contributed by atoms with Gasteiger partial charge in [-0.25, -0.2) is 0 Å². The van der Waals surface area contributed by atoms with Gasteiger partial charge in [-0.1, -0.05) is 13.8 Å². The highest BCUT2D eigenvalue weighted by Gasteiger charge is 2.25. The Kier molecular flexibility index (Phi) is 5.27. The van der Waals surface area contributed by atoms with Crippen LogP contribution in [0.1, 0.15) is 40.0 Å². The molecule has 0 aromatic carbocycles. The third kappa shape index (κ3) is 4.23. The molecule has 1 saturated carbocycles. The summed E-state index contributed by atoms with van der Waals surface area (Å²) in [7, 11) is -0.695. The third-order valence-electron chi connectivity index (χ3n) is 3.67. The molecule has 0 radical (unpaired) electrons. The van der Waals surface area contributed by atoms with Crippen molar-refractivity contribution < 1.29 is 4.21 Å². The molecule has 0 heterocycles. The SMILES string of the molecule is CC1CCC(NCC(C)S(C)=O)C(C)C1. The zero-order valence-corrected chi connectivity index (χ0v) is 11.3. The standard InChI is InChI=1S/C12H25NOS/c1-9-5-6-12(10(2)7-9)13-8-11(3)15(4)14/h9-13H,5-8H2,1-4H3. The Morgan fingerprint density at radius 2 is 2.07 bits per heavy atom. The van der Waals surface area contributed by atoms with Gasteiger partial charge in [-0.3, -0.25) is 4.21 Å². The largest absolute Gasteiger partial charge is 0.313 e. The second-order valence-electron chi connectivity index (χ2n) is 5.22. The highest BCUT2D eigenvalue weighted by atomic mass is 32.2. The molecule has 0 amide bonds. The van der Waals surface area contributed by atoms with E-state index in [2.05, 4.69) is 26.1 Å². The summed E-state index contributed by atoms with van der Waals surface area (Å²) < 4.78 is 11.2. The first kappa shape index (κ1) is 13.2. The first-order chi connectivity index (χ1) is 7.00. The van der Waals surface area contributed by atoms with E-state index in [1.165, 1.54) is 19.3 Å². The van der Waals surface area contributed by atoms with Crippen LogP contribution in [-0.2, 0) is 10.8 Å². The van der Waals surface area contributed by atoms with E-state index in [0.29, 0.717) is 6.04 Å². The van der Waals surface area contributed by atoms with E-state index >= 15 is 0 Å². The molecule has 1 rings (SSSR count). The van der Waals surface area contributed by atoms with Gasteiger partial charge in [-0.15, -0.1) is 0 Å². The van der Waals surface area contributed by atoms with E-state index in [0.717, 1.165) is 18.4 Å². The first-order valence-electron chi connectivity index (χ1n) is 6.06. The van der Waals surface area contributed by atoms with Crippen LogP contribution in [0.5, 0.6) is 0 Å². The van der Waals surface area contributed by atoms with Crippen molar-refractivity contribution in [3.05, 3.63) is 0 Å². The van der Waals surface area contributed by atoms with Gasteiger partial charge in [-0.2, -0.15) is 0 Å². The molecule has 0 bridgehead atoms. The average molecular weight is 231 g/mol. The predicted molar refractivity (Wildman–Crippen MR) is 67.5 cm³/mol. The molecular weight excluding hydrogens is 206 g/mol.